The monoisotopic (exact) mass is 517 g/mol. The minimum Gasteiger partial charge on any atom is -0.492 e. The zero-order valence-electron chi connectivity index (χ0n) is 15.7. The van der Waals surface area contributed by atoms with Gasteiger partial charge in [0.2, 0.25) is 0 Å². The van der Waals surface area contributed by atoms with Crippen LogP contribution in [0.15, 0.2) is 29.3 Å². The van der Waals surface area contributed by atoms with E-state index in [9.17, 15) is 18.3 Å². The number of guanidine groups is 1. The van der Waals surface area contributed by atoms with Crippen molar-refractivity contribution in [1.29, 1.82) is 0 Å². The lowest BCUT2D eigenvalue weighted by atomic mass is 9.84. The summed E-state index contributed by atoms with van der Waals surface area (Å²) in [5, 5.41) is 15.6. The second kappa shape index (κ2) is 11.7. The van der Waals surface area contributed by atoms with Crippen LogP contribution in [-0.2, 0) is 10.9 Å². The Bertz CT molecular complexity index is 606. The smallest absolute Gasteiger partial charge is 0.416 e. The Labute approximate surface area is 179 Å². The average Bonchev–Trinajstić information content (AvgIpc) is 3.10. The van der Waals surface area contributed by atoms with Crippen LogP contribution in [0.25, 0.3) is 0 Å². The number of hydrogen-bond acceptors (Lipinski definition) is 4. The summed E-state index contributed by atoms with van der Waals surface area (Å²) in [6.07, 6.45) is -2.81. The molecule has 1 unspecified atom stereocenters. The molecule has 1 fully saturated rings. The van der Waals surface area contributed by atoms with Crippen molar-refractivity contribution in [2.24, 2.45) is 10.4 Å². The first-order valence-electron chi connectivity index (χ1n) is 8.82. The molecule has 1 saturated heterocycles. The van der Waals surface area contributed by atoms with Crippen molar-refractivity contribution in [3.8, 4) is 5.75 Å². The van der Waals surface area contributed by atoms with E-state index in [1.54, 1.807) is 7.05 Å². The lowest BCUT2D eigenvalue weighted by Crippen LogP contribution is -2.45. The summed E-state index contributed by atoms with van der Waals surface area (Å²) < 4.78 is 48.5. The minimum absolute atomic E-state index is 0. The van der Waals surface area contributed by atoms with Gasteiger partial charge in [0.1, 0.15) is 12.4 Å². The summed E-state index contributed by atoms with van der Waals surface area (Å²) in [6.45, 7) is 2.75. The van der Waals surface area contributed by atoms with Gasteiger partial charge < -0.3 is 25.2 Å². The highest BCUT2D eigenvalue weighted by Crippen LogP contribution is 2.31. The van der Waals surface area contributed by atoms with Gasteiger partial charge in [-0.15, -0.1) is 24.0 Å². The molecule has 28 heavy (non-hydrogen) atoms. The van der Waals surface area contributed by atoms with Crippen molar-refractivity contribution in [1.82, 2.24) is 10.6 Å². The SMILES string of the molecule is CN=C(NCCOc1ccc(C(F)(F)F)cc1)NCC1(CCO)CCOC1.I. The van der Waals surface area contributed by atoms with Gasteiger partial charge in [-0.25, -0.2) is 0 Å². The first-order chi connectivity index (χ1) is 12.9. The van der Waals surface area contributed by atoms with Crippen molar-refractivity contribution in [2.45, 2.75) is 19.0 Å². The van der Waals surface area contributed by atoms with Crippen molar-refractivity contribution >= 4 is 29.9 Å². The van der Waals surface area contributed by atoms with E-state index < -0.39 is 11.7 Å². The third-order valence-corrected chi connectivity index (χ3v) is 4.53. The Morgan fingerprint density at radius 2 is 2.00 bits per heavy atom. The fraction of sp³-hybridized carbons (Fsp3) is 0.611. The maximum Gasteiger partial charge on any atom is 0.416 e. The van der Waals surface area contributed by atoms with E-state index in [2.05, 4.69) is 15.6 Å². The molecule has 1 aliphatic heterocycles. The van der Waals surface area contributed by atoms with E-state index in [4.69, 9.17) is 9.47 Å². The van der Waals surface area contributed by atoms with Crippen LogP contribution in [0.1, 0.15) is 18.4 Å². The van der Waals surface area contributed by atoms with Crippen LogP contribution in [0.2, 0.25) is 0 Å². The first-order valence-corrected chi connectivity index (χ1v) is 8.82. The number of halogens is 4. The third-order valence-electron chi connectivity index (χ3n) is 4.53. The first kappa shape index (κ1) is 24.8. The Balaban J connectivity index is 0.00000392. The second-order valence-corrected chi connectivity index (χ2v) is 6.50. The lowest BCUT2D eigenvalue weighted by molar-refractivity contribution is -0.137. The summed E-state index contributed by atoms with van der Waals surface area (Å²) in [7, 11) is 1.65. The maximum absolute atomic E-state index is 12.5. The molecule has 0 aromatic heterocycles. The molecule has 10 heteroatoms. The highest BCUT2D eigenvalue weighted by Gasteiger charge is 2.34. The number of benzene rings is 1. The molecule has 2 rings (SSSR count). The lowest BCUT2D eigenvalue weighted by Gasteiger charge is -2.27. The highest BCUT2D eigenvalue weighted by molar-refractivity contribution is 14.0. The van der Waals surface area contributed by atoms with Gasteiger partial charge in [0.05, 0.1) is 18.7 Å². The quantitative estimate of drug-likeness (QED) is 0.214. The molecule has 160 valence electrons. The molecular formula is C18H27F3IN3O3. The number of rotatable bonds is 8. The van der Waals surface area contributed by atoms with Gasteiger partial charge in [0.15, 0.2) is 5.96 Å². The molecule has 1 aromatic carbocycles. The van der Waals surface area contributed by atoms with Gasteiger partial charge in [0, 0.05) is 32.2 Å². The molecule has 1 aromatic rings. The van der Waals surface area contributed by atoms with Crippen LogP contribution in [0.3, 0.4) is 0 Å². The number of aliphatic hydroxyl groups is 1. The van der Waals surface area contributed by atoms with E-state index in [-0.39, 0.29) is 42.6 Å². The van der Waals surface area contributed by atoms with Crippen LogP contribution in [0.5, 0.6) is 5.75 Å². The van der Waals surface area contributed by atoms with Gasteiger partial charge in [-0.05, 0) is 37.1 Å². The number of aliphatic hydroxyl groups excluding tert-OH is 1. The molecule has 3 N–H and O–H groups in total. The largest absolute Gasteiger partial charge is 0.492 e. The molecule has 0 amide bonds. The van der Waals surface area contributed by atoms with Gasteiger partial charge in [0.25, 0.3) is 0 Å². The number of nitrogens with zero attached hydrogens (tertiary/aromatic N) is 1. The minimum atomic E-state index is -4.35. The molecule has 0 aliphatic carbocycles. The van der Waals surface area contributed by atoms with Gasteiger partial charge in [-0.1, -0.05) is 0 Å². The fourth-order valence-electron chi connectivity index (χ4n) is 2.88. The van der Waals surface area contributed by atoms with Crippen LogP contribution in [0.4, 0.5) is 13.2 Å². The van der Waals surface area contributed by atoms with Crippen molar-refractivity contribution in [3.63, 3.8) is 0 Å². The number of nitrogens with one attached hydrogen (secondary N) is 2. The second-order valence-electron chi connectivity index (χ2n) is 6.50. The predicted molar refractivity (Wildman–Crippen MR) is 111 cm³/mol. The zero-order valence-corrected chi connectivity index (χ0v) is 18.0. The molecule has 1 aliphatic rings. The molecule has 6 nitrogen and oxygen atoms in total. The summed E-state index contributed by atoms with van der Waals surface area (Å²) >= 11 is 0. The number of aliphatic imine (C=N–C) groups is 1. The van der Waals surface area contributed by atoms with E-state index >= 15 is 0 Å². The summed E-state index contributed by atoms with van der Waals surface area (Å²) in [6, 6.07) is 4.59. The van der Waals surface area contributed by atoms with Crippen LogP contribution >= 0.6 is 24.0 Å². The predicted octanol–water partition coefficient (Wildman–Crippen LogP) is 2.66. The molecule has 0 bridgehead atoms. The Morgan fingerprint density at radius 3 is 2.54 bits per heavy atom. The molecule has 1 heterocycles. The van der Waals surface area contributed by atoms with Gasteiger partial charge in [-0.3, -0.25) is 4.99 Å². The van der Waals surface area contributed by atoms with Gasteiger partial charge in [-0.2, -0.15) is 13.2 Å². The average molecular weight is 517 g/mol. The van der Waals surface area contributed by atoms with Crippen molar-refractivity contribution < 1.29 is 27.8 Å². The molecule has 1 atom stereocenters. The maximum atomic E-state index is 12.5. The van der Waals surface area contributed by atoms with Crippen LogP contribution in [0, 0.1) is 5.41 Å². The van der Waals surface area contributed by atoms with E-state index in [0.717, 1.165) is 18.6 Å². The Hall–Kier alpha value is -1.27. The third kappa shape index (κ3) is 7.63. The zero-order chi connectivity index (χ0) is 19.8. The van der Waals surface area contributed by atoms with E-state index in [0.29, 0.717) is 44.4 Å². The van der Waals surface area contributed by atoms with Gasteiger partial charge >= 0.3 is 6.18 Å². The van der Waals surface area contributed by atoms with E-state index in [1.807, 2.05) is 0 Å². The Morgan fingerprint density at radius 1 is 1.29 bits per heavy atom. The van der Waals surface area contributed by atoms with Crippen LogP contribution in [-0.4, -0.2) is 57.6 Å². The number of ether oxygens (including phenoxy) is 2. The fourth-order valence-corrected chi connectivity index (χ4v) is 2.88. The van der Waals surface area contributed by atoms with E-state index in [1.165, 1.54) is 12.1 Å². The Kier molecular flexibility index (Phi) is 10.3. The summed E-state index contributed by atoms with van der Waals surface area (Å²) in [5.41, 5.74) is -0.798. The molecular weight excluding hydrogens is 490 g/mol. The van der Waals surface area contributed by atoms with Crippen LogP contribution < -0.4 is 15.4 Å². The normalized spacial score (nSPS) is 19.8. The highest BCUT2D eigenvalue weighted by atomic mass is 127. The standard InChI is InChI=1S/C18H26F3N3O3.HI/c1-22-16(24-12-17(6-9-25)7-10-26-13-17)23-8-11-27-15-4-2-14(3-5-15)18(19,20)21;/h2-5,25H,6-13H2,1H3,(H2,22,23,24);1H. The number of alkyl halides is 3. The van der Waals surface area contributed by atoms with Crippen molar-refractivity contribution in [3.05, 3.63) is 29.8 Å². The molecule has 0 radical (unpaired) electrons. The topological polar surface area (TPSA) is 75.1 Å². The summed E-state index contributed by atoms with van der Waals surface area (Å²) in [5.74, 6) is 0.966. The molecule has 0 spiro atoms. The summed E-state index contributed by atoms with van der Waals surface area (Å²) in [4.78, 5) is 4.13. The number of hydrogen-bond donors (Lipinski definition) is 3. The van der Waals surface area contributed by atoms with Crippen molar-refractivity contribution in [2.75, 3.05) is 46.6 Å². The molecule has 0 saturated carbocycles.